The van der Waals surface area contributed by atoms with Gasteiger partial charge in [-0.1, -0.05) is 32.0 Å². The van der Waals surface area contributed by atoms with E-state index < -0.39 is 0 Å². The summed E-state index contributed by atoms with van der Waals surface area (Å²) >= 11 is 4.79. The van der Waals surface area contributed by atoms with Gasteiger partial charge in [-0.3, -0.25) is 0 Å². The van der Waals surface area contributed by atoms with E-state index in [1.54, 1.807) is 6.07 Å². The molecule has 18 heavy (non-hydrogen) atoms. The normalized spacial score (nSPS) is 23.7. The summed E-state index contributed by atoms with van der Waals surface area (Å²) in [5, 5.41) is 3.39. The smallest absolute Gasteiger partial charge is 0.135 e. The molecule has 0 spiro atoms. The van der Waals surface area contributed by atoms with Gasteiger partial charge in [-0.25, -0.2) is 4.39 Å². The van der Waals surface area contributed by atoms with E-state index in [1.165, 1.54) is 18.9 Å². The predicted octanol–water partition coefficient (Wildman–Crippen LogP) is 3.45. The molecule has 4 heteroatoms. The van der Waals surface area contributed by atoms with E-state index >= 15 is 0 Å². The molecule has 1 fully saturated rings. The standard InChI is InChI=1S/C14H19FN2S/c1-9-3-2-4-10(7-9)17-11-5-6-12(14(16)18)13(15)8-11/h5-6,8-10,17H,2-4,7H2,1H3,(H2,16,18). The maximum Gasteiger partial charge on any atom is 0.135 e. The van der Waals surface area contributed by atoms with Crippen molar-refractivity contribution in [2.45, 2.75) is 38.6 Å². The van der Waals surface area contributed by atoms with Gasteiger partial charge in [0, 0.05) is 17.3 Å². The third-order valence-electron chi connectivity index (χ3n) is 3.54. The van der Waals surface area contributed by atoms with E-state index in [0.29, 0.717) is 11.6 Å². The van der Waals surface area contributed by atoms with Crippen LogP contribution in [0.2, 0.25) is 0 Å². The Morgan fingerprint density at radius 1 is 1.44 bits per heavy atom. The number of halogens is 1. The largest absolute Gasteiger partial charge is 0.389 e. The van der Waals surface area contributed by atoms with Crippen LogP contribution in [0, 0.1) is 11.7 Å². The van der Waals surface area contributed by atoms with Gasteiger partial charge in [-0.05, 0) is 37.0 Å². The van der Waals surface area contributed by atoms with Gasteiger partial charge in [0.15, 0.2) is 0 Å². The van der Waals surface area contributed by atoms with Crippen LogP contribution in [-0.2, 0) is 0 Å². The second-order valence-electron chi connectivity index (χ2n) is 5.17. The number of rotatable bonds is 3. The SMILES string of the molecule is CC1CCCC(Nc2ccc(C(N)=S)c(F)c2)C1. The number of nitrogens with two attached hydrogens (primary N) is 1. The summed E-state index contributed by atoms with van der Waals surface area (Å²) < 4.78 is 13.7. The molecule has 0 heterocycles. The molecule has 2 atom stereocenters. The molecule has 1 aliphatic rings. The molecule has 0 saturated heterocycles. The van der Waals surface area contributed by atoms with Gasteiger partial charge in [-0.15, -0.1) is 0 Å². The first kappa shape index (κ1) is 13.3. The summed E-state index contributed by atoms with van der Waals surface area (Å²) in [6, 6.07) is 5.42. The quantitative estimate of drug-likeness (QED) is 0.823. The highest BCUT2D eigenvalue weighted by Gasteiger charge is 2.18. The maximum atomic E-state index is 13.7. The van der Waals surface area contributed by atoms with Crippen LogP contribution in [0.4, 0.5) is 10.1 Å². The molecule has 0 amide bonds. The van der Waals surface area contributed by atoms with Gasteiger partial charge in [0.1, 0.15) is 10.8 Å². The Balaban J connectivity index is 2.05. The van der Waals surface area contributed by atoms with Crippen molar-refractivity contribution in [3.63, 3.8) is 0 Å². The van der Waals surface area contributed by atoms with E-state index in [2.05, 4.69) is 12.2 Å². The van der Waals surface area contributed by atoms with Crippen molar-refractivity contribution in [1.82, 2.24) is 0 Å². The van der Waals surface area contributed by atoms with Crippen LogP contribution in [0.15, 0.2) is 18.2 Å². The number of benzene rings is 1. The molecule has 1 aliphatic carbocycles. The Hall–Kier alpha value is -1.16. The Labute approximate surface area is 113 Å². The fourth-order valence-corrected chi connectivity index (χ4v) is 2.77. The lowest BCUT2D eigenvalue weighted by atomic mass is 9.87. The second kappa shape index (κ2) is 5.65. The number of nitrogens with one attached hydrogen (secondary N) is 1. The predicted molar refractivity (Wildman–Crippen MR) is 77.3 cm³/mol. The summed E-state index contributed by atoms with van der Waals surface area (Å²) in [5.41, 5.74) is 6.56. The second-order valence-corrected chi connectivity index (χ2v) is 5.61. The van der Waals surface area contributed by atoms with Gasteiger partial charge < -0.3 is 11.1 Å². The van der Waals surface area contributed by atoms with Crippen molar-refractivity contribution < 1.29 is 4.39 Å². The van der Waals surface area contributed by atoms with Gasteiger partial charge in [0.2, 0.25) is 0 Å². The summed E-state index contributed by atoms with van der Waals surface area (Å²) in [6.07, 6.45) is 4.85. The highest BCUT2D eigenvalue weighted by molar-refractivity contribution is 7.80. The number of hydrogen-bond acceptors (Lipinski definition) is 2. The number of anilines is 1. The molecule has 2 rings (SSSR count). The first-order valence-electron chi connectivity index (χ1n) is 6.42. The highest BCUT2D eigenvalue weighted by Crippen LogP contribution is 2.26. The molecular weight excluding hydrogens is 247 g/mol. The first-order valence-corrected chi connectivity index (χ1v) is 6.83. The summed E-state index contributed by atoms with van der Waals surface area (Å²) in [6.45, 7) is 2.27. The van der Waals surface area contributed by atoms with Gasteiger partial charge in [-0.2, -0.15) is 0 Å². The maximum absolute atomic E-state index is 13.7. The van der Waals surface area contributed by atoms with E-state index in [0.717, 1.165) is 24.4 Å². The van der Waals surface area contributed by atoms with Gasteiger partial charge in [0.25, 0.3) is 0 Å². The average molecular weight is 266 g/mol. The van der Waals surface area contributed by atoms with Crippen molar-refractivity contribution in [1.29, 1.82) is 0 Å². The molecule has 0 aromatic heterocycles. The zero-order valence-corrected chi connectivity index (χ0v) is 11.4. The van der Waals surface area contributed by atoms with E-state index in [4.69, 9.17) is 18.0 Å². The lowest BCUT2D eigenvalue weighted by Crippen LogP contribution is -2.26. The molecule has 0 aliphatic heterocycles. The molecule has 0 bridgehead atoms. The molecule has 3 N–H and O–H groups in total. The number of thiocarbonyl (C=S) groups is 1. The van der Waals surface area contributed by atoms with Gasteiger partial charge in [0.05, 0.1) is 0 Å². The van der Waals surface area contributed by atoms with Gasteiger partial charge >= 0.3 is 0 Å². The van der Waals surface area contributed by atoms with Crippen LogP contribution in [0.1, 0.15) is 38.2 Å². The summed E-state index contributed by atoms with van der Waals surface area (Å²) in [4.78, 5) is 0.102. The zero-order chi connectivity index (χ0) is 13.1. The lowest BCUT2D eigenvalue weighted by molar-refractivity contribution is 0.358. The zero-order valence-electron chi connectivity index (χ0n) is 10.6. The van der Waals surface area contributed by atoms with Crippen LogP contribution in [-0.4, -0.2) is 11.0 Å². The number of hydrogen-bond donors (Lipinski definition) is 2. The van der Waals surface area contributed by atoms with Crippen molar-refractivity contribution in [2.75, 3.05) is 5.32 Å². The fourth-order valence-electron chi connectivity index (χ4n) is 2.61. The topological polar surface area (TPSA) is 38.0 Å². The minimum absolute atomic E-state index is 0.102. The third kappa shape index (κ3) is 3.19. The lowest BCUT2D eigenvalue weighted by Gasteiger charge is -2.28. The van der Waals surface area contributed by atoms with Crippen molar-refractivity contribution in [3.8, 4) is 0 Å². The van der Waals surface area contributed by atoms with E-state index in [9.17, 15) is 4.39 Å². The van der Waals surface area contributed by atoms with Crippen LogP contribution < -0.4 is 11.1 Å². The minimum Gasteiger partial charge on any atom is -0.389 e. The molecule has 2 unspecified atom stereocenters. The fraction of sp³-hybridized carbons (Fsp3) is 0.500. The van der Waals surface area contributed by atoms with Crippen LogP contribution in [0.5, 0.6) is 0 Å². The van der Waals surface area contributed by atoms with Crippen LogP contribution >= 0.6 is 12.2 Å². The van der Waals surface area contributed by atoms with Crippen molar-refractivity contribution in [2.24, 2.45) is 11.7 Å². The Kier molecular flexibility index (Phi) is 4.17. The van der Waals surface area contributed by atoms with Crippen LogP contribution in [0.25, 0.3) is 0 Å². The first-order chi connectivity index (χ1) is 8.56. The third-order valence-corrected chi connectivity index (χ3v) is 3.76. The average Bonchev–Trinajstić information content (AvgIpc) is 2.28. The Morgan fingerprint density at radius 3 is 2.83 bits per heavy atom. The highest BCUT2D eigenvalue weighted by atomic mass is 32.1. The van der Waals surface area contributed by atoms with E-state index in [-0.39, 0.29) is 10.8 Å². The van der Waals surface area contributed by atoms with E-state index in [1.807, 2.05) is 6.07 Å². The van der Waals surface area contributed by atoms with Crippen LogP contribution in [0.3, 0.4) is 0 Å². The van der Waals surface area contributed by atoms with Crippen molar-refractivity contribution in [3.05, 3.63) is 29.6 Å². The molecular formula is C14H19FN2S. The van der Waals surface area contributed by atoms with Crippen molar-refractivity contribution >= 4 is 22.9 Å². The Bertz CT molecular complexity index is 447. The summed E-state index contributed by atoms with van der Waals surface area (Å²) in [5.74, 6) is 0.397. The molecule has 1 aromatic carbocycles. The minimum atomic E-state index is -0.351. The molecule has 1 aromatic rings. The molecule has 2 nitrogen and oxygen atoms in total. The molecule has 98 valence electrons. The monoisotopic (exact) mass is 266 g/mol. The molecule has 0 radical (unpaired) electrons. The summed E-state index contributed by atoms with van der Waals surface area (Å²) in [7, 11) is 0. The Morgan fingerprint density at radius 2 is 2.22 bits per heavy atom. The molecule has 1 saturated carbocycles.